The van der Waals surface area contributed by atoms with Crippen LogP contribution in [0.3, 0.4) is 0 Å². The van der Waals surface area contributed by atoms with Crippen LogP contribution in [-0.2, 0) is 6.42 Å². The molecule has 0 radical (unpaired) electrons. The van der Waals surface area contributed by atoms with E-state index in [9.17, 15) is 0 Å². The summed E-state index contributed by atoms with van der Waals surface area (Å²) in [7, 11) is -1.41. The molecule has 0 heterocycles. The smallest absolute Gasteiger partial charge is 0.0848 e. The van der Waals surface area contributed by atoms with Crippen molar-refractivity contribution in [2.75, 3.05) is 0 Å². The Labute approximate surface area is 122 Å². The third-order valence-corrected chi connectivity index (χ3v) is 5.30. The van der Waals surface area contributed by atoms with Crippen LogP contribution in [0.15, 0.2) is 70.9 Å². The van der Waals surface area contributed by atoms with Gasteiger partial charge in [0.25, 0.3) is 0 Å². The summed E-state index contributed by atoms with van der Waals surface area (Å²) in [4.78, 5) is 4.52. The number of hydrogen-bond acceptors (Lipinski definition) is 1. The van der Waals surface area contributed by atoms with Gasteiger partial charge < -0.3 is 0 Å². The molecule has 2 aromatic carbocycles. The molecule has 0 amide bonds. The van der Waals surface area contributed by atoms with E-state index in [4.69, 9.17) is 0 Å². The molecule has 0 atom stereocenters. The van der Waals surface area contributed by atoms with Crippen molar-refractivity contribution in [3.05, 3.63) is 71.4 Å². The molecule has 0 aliphatic carbocycles. The number of nitrogens with zero attached hydrogens (tertiary/aromatic N) is 1. The van der Waals surface area contributed by atoms with Crippen molar-refractivity contribution in [3.63, 3.8) is 0 Å². The lowest BCUT2D eigenvalue weighted by Crippen LogP contribution is -2.26. The van der Waals surface area contributed by atoms with Gasteiger partial charge in [0.05, 0.1) is 13.8 Å². The van der Waals surface area contributed by atoms with E-state index in [1.54, 1.807) is 0 Å². The first-order valence-electron chi connectivity index (χ1n) is 6.98. The van der Waals surface area contributed by atoms with Crippen LogP contribution in [0.1, 0.15) is 5.56 Å². The minimum Gasteiger partial charge on any atom is -0.207 e. The van der Waals surface area contributed by atoms with Gasteiger partial charge in [0, 0.05) is 0 Å². The van der Waals surface area contributed by atoms with Crippen LogP contribution in [0.2, 0.25) is 19.6 Å². The van der Waals surface area contributed by atoms with Crippen molar-refractivity contribution in [2.24, 2.45) is 4.99 Å². The Morgan fingerprint density at radius 1 is 0.900 bits per heavy atom. The Bertz CT molecular complexity index is 603. The van der Waals surface area contributed by atoms with Crippen LogP contribution < -0.4 is 0 Å². The maximum Gasteiger partial charge on any atom is 0.0848 e. The zero-order valence-electron chi connectivity index (χ0n) is 12.4. The lowest BCUT2D eigenvalue weighted by molar-refractivity contribution is 1.23. The molecule has 2 heteroatoms. The van der Waals surface area contributed by atoms with Crippen LogP contribution >= 0.6 is 0 Å². The predicted octanol–water partition coefficient (Wildman–Crippen LogP) is 5.03. The molecule has 0 aromatic heterocycles. The SMILES string of the molecule is C[Si](C)(C)C(=C=Nc1ccccc1)Cc1ccccc1. The van der Waals surface area contributed by atoms with E-state index in [2.05, 4.69) is 60.8 Å². The summed E-state index contributed by atoms with van der Waals surface area (Å²) in [6.45, 7) is 7.04. The highest BCUT2D eigenvalue weighted by Gasteiger charge is 2.20. The van der Waals surface area contributed by atoms with Crippen LogP contribution in [0.4, 0.5) is 5.69 Å². The Kier molecular flexibility index (Phi) is 4.73. The molecule has 1 nitrogen and oxygen atoms in total. The van der Waals surface area contributed by atoms with Gasteiger partial charge in [-0.2, -0.15) is 0 Å². The quantitative estimate of drug-likeness (QED) is 0.549. The van der Waals surface area contributed by atoms with Crippen molar-refractivity contribution in [2.45, 2.75) is 26.1 Å². The molecular weight excluding hydrogens is 258 g/mol. The van der Waals surface area contributed by atoms with E-state index in [0.717, 1.165) is 12.1 Å². The summed E-state index contributed by atoms with van der Waals surface area (Å²) >= 11 is 0. The number of rotatable bonds is 4. The molecule has 2 rings (SSSR count). The van der Waals surface area contributed by atoms with Gasteiger partial charge in [-0.3, -0.25) is 0 Å². The number of hydrogen-bond donors (Lipinski definition) is 0. The summed E-state index contributed by atoms with van der Waals surface area (Å²) in [6.07, 6.45) is 0.951. The zero-order chi connectivity index (χ0) is 14.4. The number of benzene rings is 2. The first-order valence-corrected chi connectivity index (χ1v) is 10.5. The molecule has 0 aliphatic heterocycles. The number of para-hydroxylation sites is 1. The molecule has 0 unspecified atom stereocenters. The number of allylic oxidation sites excluding steroid dienone is 1. The average Bonchev–Trinajstić information content (AvgIpc) is 2.44. The highest BCUT2D eigenvalue weighted by Crippen LogP contribution is 2.18. The van der Waals surface area contributed by atoms with Crippen LogP contribution in [0.25, 0.3) is 0 Å². The van der Waals surface area contributed by atoms with Gasteiger partial charge in [0.15, 0.2) is 0 Å². The third kappa shape index (κ3) is 4.34. The second-order valence-corrected chi connectivity index (χ2v) is 11.1. The molecule has 0 bridgehead atoms. The van der Waals surface area contributed by atoms with Gasteiger partial charge >= 0.3 is 0 Å². The molecule has 0 spiro atoms. The van der Waals surface area contributed by atoms with E-state index >= 15 is 0 Å². The second kappa shape index (κ2) is 6.51. The first kappa shape index (κ1) is 14.5. The van der Waals surface area contributed by atoms with E-state index < -0.39 is 8.07 Å². The second-order valence-electron chi connectivity index (χ2n) is 5.95. The normalized spacial score (nSPS) is 10.8. The van der Waals surface area contributed by atoms with Crippen LogP contribution in [0.5, 0.6) is 0 Å². The van der Waals surface area contributed by atoms with Gasteiger partial charge in [-0.15, -0.1) is 0 Å². The van der Waals surface area contributed by atoms with Crippen molar-refractivity contribution in [1.29, 1.82) is 0 Å². The lowest BCUT2D eigenvalue weighted by atomic mass is 10.1. The fraction of sp³-hybridized carbons (Fsp3) is 0.222. The predicted molar refractivity (Wildman–Crippen MR) is 90.5 cm³/mol. The van der Waals surface area contributed by atoms with E-state index in [0.29, 0.717) is 0 Å². The summed E-state index contributed by atoms with van der Waals surface area (Å²) < 4.78 is 0. The maximum atomic E-state index is 4.52. The summed E-state index contributed by atoms with van der Waals surface area (Å²) in [5.41, 5.74) is 2.30. The molecule has 0 saturated carbocycles. The standard InChI is InChI=1S/C18H21NSi/c1-20(2,3)18(14-16-10-6-4-7-11-16)15-19-17-12-8-5-9-13-17/h4-13H,14H2,1-3H3. The van der Waals surface area contributed by atoms with Crippen molar-refractivity contribution >= 4 is 19.6 Å². The Morgan fingerprint density at radius 3 is 2.00 bits per heavy atom. The van der Waals surface area contributed by atoms with Gasteiger partial charge in [0.1, 0.15) is 0 Å². The van der Waals surface area contributed by atoms with E-state index in [1.807, 2.05) is 30.3 Å². The lowest BCUT2D eigenvalue weighted by Gasteiger charge is -2.18. The Morgan fingerprint density at radius 2 is 1.45 bits per heavy atom. The van der Waals surface area contributed by atoms with Gasteiger partial charge in [-0.05, 0) is 35.2 Å². The Hall–Kier alpha value is -1.89. The van der Waals surface area contributed by atoms with Gasteiger partial charge in [-0.1, -0.05) is 68.2 Å². The molecule has 20 heavy (non-hydrogen) atoms. The summed E-state index contributed by atoms with van der Waals surface area (Å²) in [5.74, 6) is 3.33. The first-order chi connectivity index (χ1) is 9.55. The maximum absolute atomic E-state index is 4.52. The average molecular weight is 279 g/mol. The molecule has 0 aliphatic rings. The fourth-order valence-electron chi connectivity index (χ4n) is 1.91. The fourth-order valence-corrected chi connectivity index (χ4v) is 3.03. The van der Waals surface area contributed by atoms with Crippen LogP contribution in [0, 0.1) is 0 Å². The summed E-state index contributed by atoms with van der Waals surface area (Å²) in [5, 5.41) is 1.35. The molecule has 0 N–H and O–H groups in total. The molecular formula is C18H21NSi. The van der Waals surface area contributed by atoms with E-state index in [1.165, 1.54) is 10.8 Å². The largest absolute Gasteiger partial charge is 0.207 e. The topological polar surface area (TPSA) is 12.4 Å². The highest BCUT2D eigenvalue weighted by atomic mass is 28.3. The van der Waals surface area contributed by atoms with Crippen LogP contribution in [-0.4, -0.2) is 13.9 Å². The molecule has 102 valence electrons. The van der Waals surface area contributed by atoms with Gasteiger partial charge in [-0.25, -0.2) is 4.99 Å². The summed E-state index contributed by atoms with van der Waals surface area (Å²) in [6, 6.07) is 20.6. The minimum atomic E-state index is -1.41. The Balaban J connectivity index is 2.31. The zero-order valence-corrected chi connectivity index (χ0v) is 13.4. The van der Waals surface area contributed by atoms with Gasteiger partial charge in [0.2, 0.25) is 0 Å². The molecule has 0 fully saturated rings. The monoisotopic (exact) mass is 279 g/mol. The molecule has 2 aromatic rings. The van der Waals surface area contributed by atoms with Crippen molar-refractivity contribution in [3.8, 4) is 0 Å². The molecule has 0 saturated heterocycles. The highest BCUT2D eigenvalue weighted by molar-refractivity contribution is 6.84. The third-order valence-electron chi connectivity index (χ3n) is 3.21. The van der Waals surface area contributed by atoms with Crippen molar-refractivity contribution in [1.82, 2.24) is 0 Å². The number of aliphatic imine (C=N–C) groups is 1. The van der Waals surface area contributed by atoms with E-state index in [-0.39, 0.29) is 0 Å². The minimum absolute atomic E-state index is 0.951. The van der Waals surface area contributed by atoms with Crippen molar-refractivity contribution < 1.29 is 0 Å².